The van der Waals surface area contributed by atoms with E-state index in [0.717, 1.165) is 0 Å². The van der Waals surface area contributed by atoms with Gasteiger partial charge < -0.3 is 9.47 Å². The van der Waals surface area contributed by atoms with E-state index in [1.165, 1.54) is 7.11 Å². The van der Waals surface area contributed by atoms with Crippen molar-refractivity contribution in [1.29, 1.82) is 0 Å². The highest BCUT2D eigenvalue weighted by Gasteiger charge is 2.45. The predicted octanol–water partition coefficient (Wildman–Crippen LogP) is 0.153. The van der Waals surface area contributed by atoms with Gasteiger partial charge in [-0.15, -0.1) is 0 Å². The summed E-state index contributed by atoms with van der Waals surface area (Å²) in [6.45, 7) is 3.44. The van der Waals surface area contributed by atoms with E-state index >= 15 is 0 Å². The van der Waals surface area contributed by atoms with Crippen LogP contribution in [0.25, 0.3) is 0 Å². The van der Waals surface area contributed by atoms with Crippen LogP contribution in [0.5, 0.6) is 0 Å². The van der Waals surface area contributed by atoms with Gasteiger partial charge in [0.15, 0.2) is 5.78 Å². The summed E-state index contributed by atoms with van der Waals surface area (Å²) in [5, 5.41) is 0. The number of hydrogen-bond acceptors (Lipinski definition) is 4. The van der Waals surface area contributed by atoms with Gasteiger partial charge >= 0.3 is 5.97 Å². The van der Waals surface area contributed by atoms with Crippen molar-refractivity contribution in [3.63, 3.8) is 0 Å². The molecule has 0 unspecified atom stereocenters. The number of carbonyl (C=O) groups is 2. The second-order valence-corrected chi connectivity index (χ2v) is 3.26. The average molecular weight is 172 g/mol. The fraction of sp³-hybridized carbons (Fsp3) is 0.750. The molecule has 0 radical (unpaired) electrons. The molecule has 0 N–H and O–H groups in total. The number of methoxy groups -OCH3 is 1. The third-order valence-corrected chi connectivity index (χ3v) is 2.01. The molecule has 1 aliphatic heterocycles. The SMILES string of the molecule is COC(=O)[C@@H]1COC(C)(C)C1=O. The molecule has 0 aromatic carbocycles. The Kier molecular flexibility index (Phi) is 2.19. The van der Waals surface area contributed by atoms with Gasteiger partial charge in [-0.1, -0.05) is 0 Å². The monoisotopic (exact) mass is 172 g/mol. The maximum atomic E-state index is 11.4. The maximum absolute atomic E-state index is 11.4. The zero-order valence-electron chi connectivity index (χ0n) is 7.42. The smallest absolute Gasteiger partial charge is 0.318 e. The van der Waals surface area contributed by atoms with Gasteiger partial charge in [0.2, 0.25) is 0 Å². The molecule has 68 valence electrons. The van der Waals surface area contributed by atoms with E-state index in [0.29, 0.717) is 0 Å². The van der Waals surface area contributed by atoms with Crippen molar-refractivity contribution < 1.29 is 19.1 Å². The highest BCUT2D eigenvalue weighted by Crippen LogP contribution is 2.25. The third-order valence-electron chi connectivity index (χ3n) is 2.01. The van der Waals surface area contributed by atoms with Gasteiger partial charge in [0.05, 0.1) is 13.7 Å². The Labute approximate surface area is 70.8 Å². The van der Waals surface area contributed by atoms with E-state index in [1.807, 2.05) is 0 Å². The van der Waals surface area contributed by atoms with Gasteiger partial charge in [-0.3, -0.25) is 9.59 Å². The molecule has 1 atom stereocenters. The topological polar surface area (TPSA) is 52.6 Å². The molecule has 0 aromatic heterocycles. The standard InChI is InChI=1S/C8H12O4/c1-8(2)6(9)5(4-12-8)7(10)11-3/h5H,4H2,1-3H3/t5-/m1/s1. The van der Waals surface area contributed by atoms with Gasteiger partial charge in [-0.05, 0) is 13.8 Å². The van der Waals surface area contributed by atoms with Crippen molar-refractivity contribution in [3.8, 4) is 0 Å². The number of ketones is 1. The molecule has 0 amide bonds. The number of ether oxygens (including phenoxy) is 2. The van der Waals surface area contributed by atoms with E-state index in [-0.39, 0.29) is 12.4 Å². The van der Waals surface area contributed by atoms with Gasteiger partial charge in [0.25, 0.3) is 0 Å². The van der Waals surface area contributed by atoms with E-state index in [1.54, 1.807) is 13.8 Å². The van der Waals surface area contributed by atoms with Crippen molar-refractivity contribution >= 4 is 11.8 Å². The lowest BCUT2D eigenvalue weighted by atomic mass is 9.96. The number of hydrogen-bond donors (Lipinski definition) is 0. The molecular weight excluding hydrogens is 160 g/mol. The molecule has 4 heteroatoms. The summed E-state index contributed by atoms with van der Waals surface area (Å²) >= 11 is 0. The number of esters is 1. The molecule has 12 heavy (non-hydrogen) atoms. The molecule has 1 aliphatic rings. The van der Waals surface area contributed by atoms with E-state index in [4.69, 9.17) is 4.74 Å². The fourth-order valence-corrected chi connectivity index (χ4v) is 1.18. The lowest BCUT2D eigenvalue weighted by Gasteiger charge is -2.13. The third kappa shape index (κ3) is 1.34. The van der Waals surface area contributed by atoms with Crippen LogP contribution in [-0.4, -0.2) is 31.1 Å². The van der Waals surface area contributed by atoms with Crippen LogP contribution in [0.3, 0.4) is 0 Å². The van der Waals surface area contributed by atoms with Gasteiger partial charge in [-0.25, -0.2) is 0 Å². The van der Waals surface area contributed by atoms with Crippen LogP contribution in [0.2, 0.25) is 0 Å². The summed E-state index contributed by atoms with van der Waals surface area (Å²) in [6.07, 6.45) is 0. The van der Waals surface area contributed by atoms with Crippen LogP contribution >= 0.6 is 0 Å². The molecule has 1 rings (SSSR count). The van der Waals surface area contributed by atoms with Gasteiger partial charge in [0, 0.05) is 0 Å². The summed E-state index contributed by atoms with van der Waals surface area (Å²) in [6, 6.07) is 0. The van der Waals surface area contributed by atoms with Crippen LogP contribution in [-0.2, 0) is 19.1 Å². The summed E-state index contributed by atoms with van der Waals surface area (Å²) < 4.78 is 9.60. The lowest BCUT2D eigenvalue weighted by molar-refractivity contribution is -0.148. The summed E-state index contributed by atoms with van der Waals surface area (Å²) in [5.41, 5.74) is -0.834. The number of rotatable bonds is 1. The Hall–Kier alpha value is -0.900. The van der Waals surface area contributed by atoms with Crippen molar-refractivity contribution in [2.24, 2.45) is 5.92 Å². The molecule has 0 aromatic rings. The summed E-state index contributed by atoms with van der Waals surface area (Å²) in [5.74, 6) is -1.44. The summed E-state index contributed by atoms with van der Waals surface area (Å²) in [7, 11) is 1.26. The van der Waals surface area contributed by atoms with E-state index in [9.17, 15) is 9.59 Å². The molecule has 0 saturated carbocycles. The Morgan fingerprint density at radius 1 is 1.67 bits per heavy atom. The predicted molar refractivity (Wildman–Crippen MR) is 40.5 cm³/mol. The molecule has 0 bridgehead atoms. The highest BCUT2D eigenvalue weighted by atomic mass is 16.5. The maximum Gasteiger partial charge on any atom is 0.318 e. The Balaban J connectivity index is 2.74. The van der Waals surface area contributed by atoms with Crippen LogP contribution in [0.1, 0.15) is 13.8 Å². The zero-order chi connectivity index (χ0) is 9.35. The average Bonchev–Trinajstić information content (AvgIpc) is 2.27. The van der Waals surface area contributed by atoms with E-state index < -0.39 is 17.5 Å². The van der Waals surface area contributed by atoms with Crippen LogP contribution in [0, 0.1) is 5.92 Å². The normalized spacial score (nSPS) is 27.2. The quantitative estimate of drug-likeness (QED) is 0.417. The molecule has 1 saturated heterocycles. The summed E-state index contributed by atoms with van der Waals surface area (Å²) in [4.78, 5) is 22.4. The lowest BCUT2D eigenvalue weighted by Crippen LogP contribution is -2.33. The number of carbonyl (C=O) groups excluding carboxylic acids is 2. The second-order valence-electron chi connectivity index (χ2n) is 3.26. The van der Waals surface area contributed by atoms with E-state index in [2.05, 4.69) is 4.74 Å². The Morgan fingerprint density at radius 2 is 2.25 bits per heavy atom. The first-order chi connectivity index (χ1) is 5.49. The number of Topliss-reactive ketones (excluding diaryl/α,β-unsaturated/α-hetero) is 1. The van der Waals surface area contributed by atoms with Crippen LogP contribution < -0.4 is 0 Å². The highest BCUT2D eigenvalue weighted by molar-refractivity contribution is 6.04. The fourth-order valence-electron chi connectivity index (χ4n) is 1.18. The minimum atomic E-state index is -0.834. The van der Waals surface area contributed by atoms with Crippen molar-refractivity contribution in [2.45, 2.75) is 19.4 Å². The first-order valence-corrected chi connectivity index (χ1v) is 3.75. The molecule has 4 nitrogen and oxygen atoms in total. The van der Waals surface area contributed by atoms with Gasteiger partial charge in [-0.2, -0.15) is 0 Å². The first-order valence-electron chi connectivity index (χ1n) is 3.75. The van der Waals surface area contributed by atoms with Crippen LogP contribution in [0.15, 0.2) is 0 Å². The Bertz CT molecular complexity index is 219. The van der Waals surface area contributed by atoms with Crippen molar-refractivity contribution in [3.05, 3.63) is 0 Å². The molecule has 1 heterocycles. The molecule has 1 fully saturated rings. The molecule has 0 aliphatic carbocycles. The van der Waals surface area contributed by atoms with Crippen molar-refractivity contribution in [1.82, 2.24) is 0 Å². The van der Waals surface area contributed by atoms with Crippen molar-refractivity contribution in [2.75, 3.05) is 13.7 Å². The second kappa shape index (κ2) is 2.86. The zero-order valence-corrected chi connectivity index (χ0v) is 7.42. The van der Waals surface area contributed by atoms with Gasteiger partial charge in [0.1, 0.15) is 11.5 Å². The molecular formula is C8H12O4. The largest absolute Gasteiger partial charge is 0.468 e. The first kappa shape index (κ1) is 9.19. The molecule has 0 spiro atoms. The minimum Gasteiger partial charge on any atom is -0.468 e. The Morgan fingerprint density at radius 3 is 2.58 bits per heavy atom. The minimum absolute atomic E-state index is 0.137. The van der Waals surface area contributed by atoms with Crippen LogP contribution in [0.4, 0.5) is 0 Å².